The summed E-state index contributed by atoms with van der Waals surface area (Å²) in [6.07, 6.45) is 1.31. The highest BCUT2D eigenvalue weighted by Gasteiger charge is 2.35. The van der Waals surface area contributed by atoms with Gasteiger partial charge in [0.1, 0.15) is 0 Å². The molecule has 1 aliphatic rings. The monoisotopic (exact) mass is 300 g/mol. The summed E-state index contributed by atoms with van der Waals surface area (Å²) in [4.78, 5) is 26.2. The van der Waals surface area contributed by atoms with Gasteiger partial charge in [0.05, 0.1) is 23.3 Å². The SMILES string of the molecule is CC(C)(C)c1cn([C@H]2C[C@H](O)[C@@H](CO)S2)c(=O)[nH]c1=O. The van der Waals surface area contributed by atoms with Crippen molar-refractivity contribution in [2.24, 2.45) is 0 Å². The molecular formula is C13H20N2O4S. The van der Waals surface area contributed by atoms with Crippen LogP contribution in [0.1, 0.15) is 38.1 Å². The van der Waals surface area contributed by atoms with Gasteiger partial charge >= 0.3 is 5.69 Å². The number of aliphatic hydroxyl groups is 2. The molecule has 0 saturated carbocycles. The number of thioether (sulfide) groups is 1. The van der Waals surface area contributed by atoms with Crippen molar-refractivity contribution in [2.45, 2.75) is 49.3 Å². The number of nitrogens with zero attached hydrogens (tertiary/aromatic N) is 1. The van der Waals surface area contributed by atoms with Gasteiger partial charge in [-0.2, -0.15) is 0 Å². The van der Waals surface area contributed by atoms with Gasteiger partial charge in [-0.1, -0.05) is 20.8 Å². The number of aromatic nitrogens is 2. The van der Waals surface area contributed by atoms with Gasteiger partial charge in [0, 0.05) is 18.2 Å². The maximum absolute atomic E-state index is 12.0. The summed E-state index contributed by atoms with van der Waals surface area (Å²) < 4.78 is 1.45. The van der Waals surface area contributed by atoms with E-state index in [1.54, 1.807) is 6.20 Å². The summed E-state index contributed by atoms with van der Waals surface area (Å²) in [6.45, 7) is 5.57. The van der Waals surface area contributed by atoms with Gasteiger partial charge in [0.2, 0.25) is 0 Å². The minimum Gasteiger partial charge on any atom is -0.395 e. The van der Waals surface area contributed by atoms with Crippen LogP contribution >= 0.6 is 11.8 Å². The van der Waals surface area contributed by atoms with Crippen LogP contribution in [0.25, 0.3) is 0 Å². The Bertz CT molecular complexity index is 602. The van der Waals surface area contributed by atoms with E-state index in [9.17, 15) is 19.8 Å². The predicted octanol–water partition coefficient (Wildman–Crippen LogP) is 0.191. The zero-order chi connectivity index (χ0) is 15.1. The number of nitrogens with one attached hydrogen (secondary N) is 1. The smallest absolute Gasteiger partial charge is 0.329 e. The lowest BCUT2D eigenvalue weighted by Crippen LogP contribution is -2.36. The third-order valence-corrected chi connectivity index (χ3v) is 5.02. The molecule has 0 bridgehead atoms. The van der Waals surface area contributed by atoms with E-state index < -0.39 is 11.8 Å². The van der Waals surface area contributed by atoms with Crippen LogP contribution in [0.4, 0.5) is 0 Å². The van der Waals surface area contributed by atoms with Crippen molar-refractivity contribution in [3.8, 4) is 0 Å². The molecule has 0 radical (unpaired) electrons. The average molecular weight is 300 g/mol. The van der Waals surface area contributed by atoms with Crippen LogP contribution in [0, 0.1) is 0 Å². The van der Waals surface area contributed by atoms with E-state index >= 15 is 0 Å². The molecule has 0 amide bonds. The van der Waals surface area contributed by atoms with Crippen molar-refractivity contribution in [3.05, 3.63) is 32.6 Å². The Hall–Kier alpha value is -1.05. The van der Waals surface area contributed by atoms with Gasteiger partial charge in [-0.15, -0.1) is 11.8 Å². The number of rotatable bonds is 2. The van der Waals surface area contributed by atoms with Gasteiger partial charge in [-0.25, -0.2) is 4.79 Å². The van der Waals surface area contributed by atoms with Gasteiger partial charge in [-0.05, 0) is 5.41 Å². The number of aromatic amines is 1. The number of hydrogen-bond acceptors (Lipinski definition) is 5. The van der Waals surface area contributed by atoms with Crippen LogP contribution in [0.15, 0.2) is 15.8 Å². The van der Waals surface area contributed by atoms with Gasteiger partial charge < -0.3 is 10.2 Å². The van der Waals surface area contributed by atoms with Crippen LogP contribution in [0.2, 0.25) is 0 Å². The van der Waals surface area contributed by atoms with E-state index in [-0.39, 0.29) is 28.2 Å². The molecule has 3 atom stereocenters. The van der Waals surface area contributed by atoms with Crippen LogP contribution in [-0.4, -0.2) is 37.7 Å². The highest BCUT2D eigenvalue weighted by molar-refractivity contribution is 8.00. The normalized spacial score (nSPS) is 26.9. The molecule has 0 unspecified atom stereocenters. The van der Waals surface area contributed by atoms with E-state index in [4.69, 9.17) is 0 Å². The molecule has 20 heavy (non-hydrogen) atoms. The minimum atomic E-state index is -0.646. The van der Waals surface area contributed by atoms with Crippen LogP contribution < -0.4 is 11.2 Å². The third kappa shape index (κ3) is 2.84. The molecule has 6 nitrogen and oxygen atoms in total. The lowest BCUT2D eigenvalue weighted by atomic mass is 9.89. The Kier molecular flexibility index (Phi) is 4.13. The van der Waals surface area contributed by atoms with Gasteiger partial charge in [0.15, 0.2) is 0 Å². The topological polar surface area (TPSA) is 95.3 Å². The Balaban J connectivity index is 2.43. The second-order valence-corrected chi connectivity index (χ2v) is 7.50. The highest BCUT2D eigenvalue weighted by atomic mass is 32.2. The van der Waals surface area contributed by atoms with Crippen molar-refractivity contribution >= 4 is 11.8 Å². The van der Waals surface area contributed by atoms with E-state index in [1.807, 2.05) is 20.8 Å². The molecule has 1 saturated heterocycles. The standard InChI is InChI=1S/C13H20N2O4S/c1-13(2,3)7-5-15(12(19)14-11(7)18)10-4-8(17)9(6-16)20-10/h5,8-10,16-17H,4,6H2,1-3H3,(H,14,18,19)/t8-,9+,10+/m0/s1. The quantitative estimate of drug-likeness (QED) is 0.725. The first kappa shape index (κ1) is 15.3. The molecule has 1 aromatic rings. The molecule has 2 heterocycles. The Morgan fingerprint density at radius 3 is 2.60 bits per heavy atom. The first-order valence-corrected chi connectivity index (χ1v) is 7.48. The van der Waals surface area contributed by atoms with Gasteiger partial charge in [-0.3, -0.25) is 14.3 Å². The van der Waals surface area contributed by atoms with Gasteiger partial charge in [0.25, 0.3) is 5.56 Å². The van der Waals surface area contributed by atoms with Crippen LogP contribution in [-0.2, 0) is 5.41 Å². The summed E-state index contributed by atoms with van der Waals surface area (Å²) in [6, 6.07) is 0. The summed E-state index contributed by atoms with van der Waals surface area (Å²) in [5.74, 6) is 0. The predicted molar refractivity (Wildman–Crippen MR) is 78.1 cm³/mol. The van der Waals surface area contributed by atoms with Crippen LogP contribution in [0.5, 0.6) is 0 Å². The van der Waals surface area contributed by atoms with Crippen molar-refractivity contribution in [1.82, 2.24) is 9.55 Å². The number of hydrogen-bond donors (Lipinski definition) is 3. The minimum absolute atomic E-state index is 0.132. The first-order valence-electron chi connectivity index (χ1n) is 6.54. The molecular weight excluding hydrogens is 280 g/mol. The fourth-order valence-electron chi connectivity index (χ4n) is 2.28. The average Bonchev–Trinajstić information content (AvgIpc) is 2.68. The molecule has 0 aromatic carbocycles. The molecule has 1 aromatic heterocycles. The summed E-state index contributed by atoms with van der Waals surface area (Å²) >= 11 is 1.35. The fourth-order valence-corrected chi connectivity index (χ4v) is 3.66. The fraction of sp³-hybridized carbons (Fsp3) is 0.692. The maximum atomic E-state index is 12.0. The Morgan fingerprint density at radius 1 is 1.45 bits per heavy atom. The van der Waals surface area contributed by atoms with E-state index in [0.717, 1.165) is 0 Å². The van der Waals surface area contributed by atoms with Crippen molar-refractivity contribution < 1.29 is 10.2 Å². The maximum Gasteiger partial charge on any atom is 0.329 e. The van der Waals surface area contributed by atoms with Crippen molar-refractivity contribution in [2.75, 3.05) is 6.61 Å². The largest absolute Gasteiger partial charge is 0.395 e. The molecule has 3 N–H and O–H groups in total. The zero-order valence-corrected chi connectivity index (χ0v) is 12.6. The molecule has 2 rings (SSSR count). The summed E-state index contributed by atoms with van der Waals surface area (Å²) in [5.41, 5.74) is -0.701. The summed E-state index contributed by atoms with van der Waals surface area (Å²) in [7, 11) is 0. The lowest BCUT2D eigenvalue weighted by molar-refractivity contribution is 0.137. The number of aliphatic hydroxyl groups excluding tert-OH is 2. The molecule has 7 heteroatoms. The number of H-pyrrole nitrogens is 1. The molecule has 0 spiro atoms. The Morgan fingerprint density at radius 2 is 2.10 bits per heavy atom. The molecule has 0 aliphatic carbocycles. The third-order valence-electron chi connectivity index (χ3n) is 3.47. The van der Waals surface area contributed by atoms with Crippen molar-refractivity contribution in [3.63, 3.8) is 0 Å². The second-order valence-electron chi connectivity index (χ2n) is 6.07. The van der Waals surface area contributed by atoms with Crippen molar-refractivity contribution in [1.29, 1.82) is 0 Å². The Labute approximate surface area is 120 Å². The second kappa shape index (κ2) is 5.38. The molecule has 112 valence electrons. The van der Waals surface area contributed by atoms with E-state index in [0.29, 0.717) is 12.0 Å². The lowest BCUT2D eigenvalue weighted by Gasteiger charge is -2.20. The first-order chi connectivity index (χ1) is 9.24. The van der Waals surface area contributed by atoms with E-state index in [2.05, 4.69) is 4.98 Å². The molecule has 1 fully saturated rings. The van der Waals surface area contributed by atoms with E-state index in [1.165, 1.54) is 16.3 Å². The summed E-state index contributed by atoms with van der Waals surface area (Å²) in [5, 5.41) is 18.4. The van der Waals surface area contributed by atoms with Crippen LogP contribution in [0.3, 0.4) is 0 Å². The zero-order valence-electron chi connectivity index (χ0n) is 11.8. The highest BCUT2D eigenvalue weighted by Crippen LogP contribution is 2.40. The molecule has 1 aliphatic heterocycles.